The molecule has 0 aliphatic heterocycles. The number of amides is 1. The van der Waals surface area contributed by atoms with Gasteiger partial charge in [0.25, 0.3) is 0 Å². The Kier molecular flexibility index (Phi) is 5.73. The normalized spacial score (nSPS) is 14.0. The third-order valence-electron chi connectivity index (χ3n) is 3.40. The summed E-state index contributed by atoms with van der Waals surface area (Å²) in [5.74, 6) is -1.53. The quantitative estimate of drug-likeness (QED) is 0.903. The number of hydrogen-bond donors (Lipinski definition) is 1. The molecule has 0 aliphatic rings. The number of nitrogens with one attached hydrogen (secondary N) is 1. The van der Waals surface area contributed by atoms with Crippen LogP contribution in [0.2, 0.25) is 0 Å². The SMILES string of the molecule is CC(C)S(=O)(=O)CC(=O)N[C@H](c1cccc(F)c1)C(C)(C)C. The van der Waals surface area contributed by atoms with E-state index < -0.39 is 38.6 Å². The summed E-state index contributed by atoms with van der Waals surface area (Å²) in [5.41, 5.74) is 0.230. The van der Waals surface area contributed by atoms with E-state index in [4.69, 9.17) is 0 Å². The van der Waals surface area contributed by atoms with Gasteiger partial charge in [0, 0.05) is 0 Å². The van der Waals surface area contributed by atoms with Crippen molar-refractivity contribution in [1.29, 1.82) is 0 Å². The summed E-state index contributed by atoms with van der Waals surface area (Å²) in [7, 11) is -3.47. The van der Waals surface area contributed by atoms with Crippen LogP contribution >= 0.6 is 0 Å². The summed E-state index contributed by atoms with van der Waals surface area (Å²) in [5, 5.41) is 2.12. The van der Waals surface area contributed by atoms with Crippen LogP contribution in [0, 0.1) is 11.2 Å². The smallest absolute Gasteiger partial charge is 0.235 e. The Hall–Kier alpha value is -1.43. The third-order valence-corrected chi connectivity index (χ3v) is 5.50. The fourth-order valence-electron chi connectivity index (χ4n) is 2.04. The molecule has 1 aromatic rings. The lowest BCUT2D eigenvalue weighted by Gasteiger charge is -2.32. The first-order valence-electron chi connectivity index (χ1n) is 7.20. The summed E-state index contributed by atoms with van der Waals surface area (Å²) < 4.78 is 37.1. The largest absolute Gasteiger partial charge is 0.348 e. The van der Waals surface area contributed by atoms with Gasteiger partial charge < -0.3 is 5.32 Å². The van der Waals surface area contributed by atoms with Crippen molar-refractivity contribution >= 4 is 15.7 Å². The first-order chi connectivity index (χ1) is 9.93. The molecule has 0 heterocycles. The third kappa shape index (κ3) is 5.09. The van der Waals surface area contributed by atoms with Crippen LogP contribution in [0.25, 0.3) is 0 Å². The van der Waals surface area contributed by atoms with Gasteiger partial charge >= 0.3 is 0 Å². The minimum atomic E-state index is -3.47. The highest BCUT2D eigenvalue weighted by Gasteiger charge is 2.30. The van der Waals surface area contributed by atoms with E-state index in [2.05, 4.69) is 5.32 Å². The van der Waals surface area contributed by atoms with Gasteiger partial charge in [0.05, 0.1) is 11.3 Å². The molecule has 4 nitrogen and oxygen atoms in total. The molecule has 6 heteroatoms. The lowest BCUT2D eigenvalue weighted by molar-refractivity contribution is -0.120. The van der Waals surface area contributed by atoms with E-state index in [1.54, 1.807) is 12.1 Å². The van der Waals surface area contributed by atoms with Gasteiger partial charge in [-0.2, -0.15) is 0 Å². The van der Waals surface area contributed by atoms with Crippen molar-refractivity contribution in [3.05, 3.63) is 35.6 Å². The van der Waals surface area contributed by atoms with Crippen LogP contribution in [-0.4, -0.2) is 25.3 Å². The Morgan fingerprint density at radius 2 is 1.86 bits per heavy atom. The zero-order valence-corrected chi connectivity index (χ0v) is 14.5. The van der Waals surface area contributed by atoms with Gasteiger partial charge in [0.15, 0.2) is 9.84 Å². The van der Waals surface area contributed by atoms with Crippen molar-refractivity contribution in [1.82, 2.24) is 5.32 Å². The summed E-state index contributed by atoms with van der Waals surface area (Å²) in [6.07, 6.45) is 0. The Morgan fingerprint density at radius 1 is 1.27 bits per heavy atom. The topological polar surface area (TPSA) is 63.2 Å². The van der Waals surface area contributed by atoms with Crippen molar-refractivity contribution in [2.75, 3.05) is 5.75 Å². The van der Waals surface area contributed by atoms with E-state index in [0.717, 1.165) is 0 Å². The van der Waals surface area contributed by atoms with Crippen LogP contribution in [0.4, 0.5) is 4.39 Å². The second kappa shape index (κ2) is 6.77. The second-order valence-corrected chi connectivity index (χ2v) is 9.33. The molecule has 0 saturated carbocycles. The summed E-state index contributed by atoms with van der Waals surface area (Å²) in [6, 6.07) is 5.50. The molecule has 1 rings (SSSR count). The molecule has 1 N–H and O–H groups in total. The Bertz CT molecular complexity index is 633. The van der Waals surface area contributed by atoms with Crippen molar-refractivity contribution in [3.8, 4) is 0 Å². The maximum absolute atomic E-state index is 13.4. The summed E-state index contributed by atoms with van der Waals surface area (Å²) >= 11 is 0. The fraction of sp³-hybridized carbons (Fsp3) is 0.562. The van der Waals surface area contributed by atoms with Crippen LogP contribution in [0.5, 0.6) is 0 Å². The fourth-order valence-corrected chi connectivity index (χ4v) is 2.82. The van der Waals surface area contributed by atoms with Crippen LogP contribution in [0.15, 0.2) is 24.3 Å². The molecule has 0 spiro atoms. The van der Waals surface area contributed by atoms with Crippen molar-refractivity contribution in [2.45, 2.75) is 45.9 Å². The minimum absolute atomic E-state index is 0.384. The zero-order valence-electron chi connectivity index (χ0n) is 13.7. The average molecular weight is 329 g/mol. The molecule has 0 radical (unpaired) electrons. The number of sulfone groups is 1. The molecule has 0 saturated heterocycles. The molecule has 124 valence electrons. The lowest BCUT2D eigenvalue weighted by Crippen LogP contribution is -2.40. The number of benzene rings is 1. The number of rotatable bonds is 5. The van der Waals surface area contributed by atoms with Crippen molar-refractivity contribution in [2.24, 2.45) is 5.41 Å². The van der Waals surface area contributed by atoms with Crippen LogP contribution in [-0.2, 0) is 14.6 Å². The van der Waals surface area contributed by atoms with E-state index in [1.807, 2.05) is 20.8 Å². The van der Waals surface area contributed by atoms with Crippen LogP contribution < -0.4 is 5.32 Å². The highest BCUT2D eigenvalue weighted by atomic mass is 32.2. The predicted octanol–water partition coefficient (Wildman–Crippen LogP) is 2.85. The Morgan fingerprint density at radius 3 is 2.32 bits per heavy atom. The predicted molar refractivity (Wildman–Crippen MR) is 85.7 cm³/mol. The molecular formula is C16H24FNO3S. The van der Waals surface area contributed by atoms with E-state index in [9.17, 15) is 17.6 Å². The second-order valence-electron chi connectivity index (χ2n) is 6.78. The lowest BCUT2D eigenvalue weighted by atomic mass is 9.82. The van der Waals surface area contributed by atoms with E-state index in [0.29, 0.717) is 5.56 Å². The monoisotopic (exact) mass is 329 g/mol. The van der Waals surface area contributed by atoms with Gasteiger partial charge in [0.2, 0.25) is 5.91 Å². The number of halogens is 1. The molecule has 22 heavy (non-hydrogen) atoms. The molecule has 1 aromatic carbocycles. The van der Waals surface area contributed by atoms with Gasteiger partial charge in [-0.05, 0) is 37.0 Å². The van der Waals surface area contributed by atoms with E-state index in [-0.39, 0.29) is 5.41 Å². The van der Waals surface area contributed by atoms with E-state index >= 15 is 0 Å². The number of carbonyl (C=O) groups excluding carboxylic acids is 1. The van der Waals surface area contributed by atoms with Gasteiger partial charge in [-0.25, -0.2) is 12.8 Å². The molecule has 0 bridgehead atoms. The molecule has 0 aromatic heterocycles. The molecule has 1 amide bonds. The average Bonchev–Trinajstić information content (AvgIpc) is 2.33. The highest BCUT2D eigenvalue weighted by Crippen LogP contribution is 2.33. The van der Waals surface area contributed by atoms with Crippen LogP contribution in [0.1, 0.15) is 46.2 Å². The minimum Gasteiger partial charge on any atom is -0.348 e. The standard InChI is InChI=1S/C16H24FNO3S/c1-11(2)22(20,21)10-14(19)18-15(16(3,4)5)12-7-6-8-13(17)9-12/h6-9,11,15H,10H2,1-5H3,(H,18,19)/t15-/m1/s1. The highest BCUT2D eigenvalue weighted by molar-refractivity contribution is 7.92. The Balaban J connectivity index is 3.00. The van der Waals surface area contributed by atoms with Crippen molar-refractivity contribution < 1.29 is 17.6 Å². The summed E-state index contributed by atoms with van der Waals surface area (Å²) in [4.78, 5) is 12.1. The molecule has 0 aliphatic carbocycles. The maximum atomic E-state index is 13.4. The molecular weight excluding hydrogens is 305 g/mol. The summed E-state index contributed by atoms with van der Waals surface area (Å²) in [6.45, 7) is 8.78. The first-order valence-corrected chi connectivity index (χ1v) is 8.91. The van der Waals surface area contributed by atoms with Gasteiger partial charge in [-0.1, -0.05) is 32.9 Å². The first kappa shape index (κ1) is 18.6. The molecule has 0 unspecified atom stereocenters. The van der Waals surface area contributed by atoms with Gasteiger partial charge in [-0.3, -0.25) is 4.79 Å². The van der Waals surface area contributed by atoms with Gasteiger partial charge in [-0.15, -0.1) is 0 Å². The van der Waals surface area contributed by atoms with Crippen molar-refractivity contribution in [3.63, 3.8) is 0 Å². The Labute approximate surface area is 132 Å². The maximum Gasteiger partial charge on any atom is 0.235 e. The molecule has 1 atom stereocenters. The number of carbonyl (C=O) groups is 1. The molecule has 0 fully saturated rings. The van der Waals surface area contributed by atoms with Gasteiger partial charge in [0.1, 0.15) is 11.6 Å². The van der Waals surface area contributed by atoms with E-state index in [1.165, 1.54) is 26.0 Å². The zero-order chi connectivity index (χ0) is 17.1. The van der Waals surface area contributed by atoms with Crippen LogP contribution in [0.3, 0.4) is 0 Å². The number of hydrogen-bond acceptors (Lipinski definition) is 3.